The predicted octanol–water partition coefficient (Wildman–Crippen LogP) is 4.91. The highest BCUT2D eigenvalue weighted by atomic mass is 79.9. The number of fused-ring (bicyclic) bond motifs is 1. The van der Waals surface area contributed by atoms with E-state index in [0.29, 0.717) is 5.75 Å². The average molecular weight is 347 g/mol. The number of Topliss-reactive ketones (excluding diaryl/α,β-unsaturated/α-hetero) is 1. The van der Waals surface area contributed by atoms with Crippen LogP contribution < -0.4 is 0 Å². The molecule has 102 valence electrons. The number of ketones is 1. The fraction of sp³-hybridized carbons (Fsp3) is 0.235. The lowest BCUT2D eigenvalue weighted by molar-refractivity contribution is 0.102. The molecule has 0 fully saturated rings. The number of hydrogen-bond donors (Lipinski definition) is 0. The highest BCUT2D eigenvalue weighted by Gasteiger charge is 2.14. The fourth-order valence-electron chi connectivity index (χ4n) is 2.51. The van der Waals surface area contributed by atoms with Gasteiger partial charge in [-0.1, -0.05) is 28.1 Å². The van der Waals surface area contributed by atoms with Crippen LogP contribution in [0.3, 0.4) is 0 Å². The van der Waals surface area contributed by atoms with Gasteiger partial charge in [-0.3, -0.25) is 4.79 Å². The van der Waals surface area contributed by atoms with Crippen LogP contribution in [0.2, 0.25) is 0 Å². The highest BCUT2D eigenvalue weighted by Crippen LogP contribution is 2.25. The second-order valence-corrected chi connectivity index (χ2v) is 6.97. The van der Waals surface area contributed by atoms with E-state index in [0.717, 1.165) is 27.8 Å². The van der Waals surface area contributed by atoms with E-state index in [4.69, 9.17) is 0 Å². The summed E-state index contributed by atoms with van der Waals surface area (Å²) in [5.41, 5.74) is 3.64. The van der Waals surface area contributed by atoms with Crippen molar-refractivity contribution in [3.63, 3.8) is 0 Å². The molecule has 2 aromatic carbocycles. The number of thioether (sulfide) groups is 1. The van der Waals surface area contributed by atoms with E-state index in [-0.39, 0.29) is 5.78 Å². The number of hydrogen-bond acceptors (Lipinski definition) is 2. The van der Waals surface area contributed by atoms with Crippen LogP contribution >= 0.6 is 27.7 Å². The third-order valence-electron chi connectivity index (χ3n) is 3.60. The van der Waals surface area contributed by atoms with Crippen molar-refractivity contribution in [3.05, 3.63) is 63.6 Å². The van der Waals surface area contributed by atoms with Crippen LogP contribution in [-0.4, -0.2) is 11.5 Å². The third kappa shape index (κ3) is 3.15. The number of halogens is 1. The monoisotopic (exact) mass is 346 g/mol. The van der Waals surface area contributed by atoms with Crippen molar-refractivity contribution in [2.75, 3.05) is 5.75 Å². The molecule has 0 N–H and O–H groups in total. The lowest BCUT2D eigenvalue weighted by atomic mass is 10.0. The van der Waals surface area contributed by atoms with Gasteiger partial charge in [0.2, 0.25) is 0 Å². The third-order valence-corrected chi connectivity index (χ3v) is 5.14. The molecule has 0 amide bonds. The minimum Gasteiger partial charge on any atom is -0.293 e. The Hall–Kier alpha value is -1.06. The maximum atomic E-state index is 12.3. The summed E-state index contributed by atoms with van der Waals surface area (Å²) in [5.74, 6) is 0.716. The van der Waals surface area contributed by atoms with E-state index in [1.165, 1.54) is 17.5 Å². The number of benzene rings is 2. The number of carbonyl (C=O) groups excluding carboxylic acids is 1. The molecular weight excluding hydrogens is 332 g/mol. The Labute approximate surface area is 131 Å². The Bertz CT molecular complexity index is 634. The van der Waals surface area contributed by atoms with Crippen molar-refractivity contribution in [2.45, 2.75) is 24.2 Å². The molecule has 0 saturated heterocycles. The van der Waals surface area contributed by atoms with Gasteiger partial charge in [-0.05, 0) is 60.7 Å². The van der Waals surface area contributed by atoms with Gasteiger partial charge in [-0.2, -0.15) is 0 Å². The standard InChI is InChI=1S/C17H15BrOS/c18-15-6-8-16(9-7-15)20-11-17(19)14-5-4-12-2-1-3-13(12)10-14/h4-10H,1-3,11H2. The van der Waals surface area contributed by atoms with E-state index in [2.05, 4.69) is 28.1 Å². The van der Waals surface area contributed by atoms with Crippen LogP contribution in [0.4, 0.5) is 0 Å². The largest absolute Gasteiger partial charge is 0.293 e. The van der Waals surface area contributed by atoms with Gasteiger partial charge in [0.05, 0.1) is 5.75 Å². The minimum atomic E-state index is 0.215. The van der Waals surface area contributed by atoms with Crippen molar-refractivity contribution in [3.8, 4) is 0 Å². The Morgan fingerprint density at radius 2 is 1.80 bits per heavy atom. The molecule has 20 heavy (non-hydrogen) atoms. The van der Waals surface area contributed by atoms with Crippen LogP contribution in [0.15, 0.2) is 51.8 Å². The van der Waals surface area contributed by atoms with Crippen LogP contribution in [-0.2, 0) is 12.8 Å². The summed E-state index contributed by atoms with van der Waals surface area (Å²) in [6.45, 7) is 0. The van der Waals surface area contributed by atoms with Crippen LogP contribution in [0, 0.1) is 0 Å². The van der Waals surface area contributed by atoms with Crippen molar-refractivity contribution >= 4 is 33.5 Å². The summed E-state index contributed by atoms with van der Waals surface area (Å²) >= 11 is 5.01. The molecule has 0 unspecified atom stereocenters. The molecule has 1 aliphatic carbocycles. The number of rotatable bonds is 4. The molecule has 0 aromatic heterocycles. The summed E-state index contributed by atoms with van der Waals surface area (Å²) in [6, 6.07) is 14.3. The number of aryl methyl sites for hydroxylation is 2. The van der Waals surface area contributed by atoms with Crippen molar-refractivity contribution in [1.29, 1.82) is 0 Å². The maximum Gasteiger partial charge on any atom is 0.173 e. The average Bonchev–Trinajstić information content (AvgIpc) is 2.93. The molecule has 0 heterocycles. The van der Waals surface area contributed by atoms with Crippen molar-refractivity contribution < 1.29 is 4.79 Å². The molecule has 0 radical (unpaired) electrons. The lowest BCUT2D eigenvalue weighted by Gasteiger charge is -2.05. The first-order valence-corrected chi connectivity index (χ1v) is 8.53. The molecule has 0 atom stereocenters. The lowest BCUT2D eigenvalue weighted by Crippen LogP contribution is -2.03. The van der Waals surface area contributed by atoms with Gasteiger partial charge in [-0.15, -0.1) is 11.8 Å². The Morgan fingerprint density at radius 1 is 1.05 bits per heavy atom. The van der Waals surface area contributed by atoms with Gasteiger partial charge in [0.1, 0.15) is 0 Å². The van der Waals surface area contributed by atoms with E-state index in [1.807, 2.05) is 30.3 Å². The summed E-state index contributed by atoms with van der Waals surface area (Å²) in [7, 11) is 0. The highest BCUT2D eigenvalue weighted by molar-refractivity contribution is 9.10. The Balaban J connectivity index is 1.66. The predicted molar refractivity (Wildman–Crippen MR) is 87.7 cm³/mol. The molecule has 2 aromatic rings. The Morgan fingerprint density at radius 3 is 2.60 bits per heavy atom. The van der Waals surface area contributed by atoms with E-state index in [9.17, 15) is 4.79 Å². The summed E-state index contributed by atoms with van der Waals surface area (Å²) in [5, 5.41) is 0. The van der Waals surface area contributed by atoms with Crippen LogP contribution in [0.25, 0.3) is 0 Å². The molecule has 3 rings (SSSR count). The van der Waals surface area contributed by atoms with E-state index >= 15 is 0 Å². The zero-order valence-corrected chi connectivity index (χ0v) is 13.5. The normalized spacial score (nSPS) is 13.2. The van der Waals surface area contributed by atoms with Gasteiger partial charge >= 0.3 is 0 Å². The topological polar surface area (TPSA) is 17.1 Å². The smallest absolute Gasteiger partial charge is 0.173 e. The van der Waals surface area contributed by atoms with E-state index in [1.54, 1.807) is 11.8 Å². The molecular formula is C17H15BrOS. The molecule has 0 bridgehead atoms. The van der Waals surface area contributed by atoms with Gasteiger partial charge in [0, 0.05) is 14.9 Å². The second-order valence-electron chi connectivity index (χ2n) is 5.00. The van der Waals surface area contributed by atoms with Gasteiger partial charge in [0.25, 0.3) is 0 Å². The molecule has 1 aliphatic rings. The number of carbonyl (C=O) groups is 1. The van der Waals surface area contributed by atoms with Gasteiger partial charge < -0.3 is 0 Å². The van der Waals surface area contributed by atoms with Gasteiger partial charge in [-0.25, -0.2) is 0 Å². The first-order valence-electron chi connectivity index (χ1n) is 6.76. The fourth-order valence-corrected chi connectivity index (χ4v) is 3.57. The molecule has 0 aliphatic heterocycles. The molecule has 0 saturated carbocycles. The van der Waals surface area contributed by atoms with Crippen LogP contribution in [0.5, 0.6) is 0 Å². The zero-order valence-electron chi connectivity index (χ0n) is 11.1. The van der Waals surface area contributed by atoms with Crippen molar-refractivity contribution in [2.24, 2.45) is 0 Å². The van der Waals surface area contributed by atoms with Crippen LogP contribution in [0.1, 0.15) is 27.9 Å². The summed E-state index contributed by atoms with van der Waals surface area (Å²) < 4.78 is 1.06. The molecule has 0 spiro atoms. The molecule has 3 heteroatoms. The first-order chi connectivity index (χ1) is 9.72. The second kappa shape index (κ2) is 6.15. The van der Waals surface area contributed by atoms with E-state index < -0.39 is 0 Å². The minimum absolute atomic E-state index is 0.215. The summed E-state index contributed by atoms with van der Waals surface area (Å²) in [4.78, 5) is 13.4. The SMILES string of the molecule is O=C(CSc1ccc(Br)cc1)c1ccc2c(c1)CCC2. The zero-order chi connectivity index (χ0) is 13.9. The quantitative estimate of drug-likeness (QED) is 0.577. The van der Waals surface area contributed by atoms with Crippen molar-refractivity contribution in [1.82, 2.24) is 0 Å². The molecule has 1 nitrogen and oxygen atoms in total. The maximum absolute atomic E-state index is 12.3. The first kappa shape index (κ1) is 13.9. The summed E-state index contributed by atoms with van der Waals surface area (Å²) in [6.07, 6.45) is 3.51. The Kier molecular flexibility index (Phi) is 4.27. The van der Waals surface area contributed by atoms with Gasteiger partial charge in [0.15, 0.2) is 5.78 Å².